The number of hydrogen-bond acceptors (Lipinski definition) is 4. The van der Waals surface area contributed by atoms with Crippen LogP contribution in [0.15, 0.2) is 24.3 Å². The van der Waals surface area contributed by atoms with E-state index in [0.717, 1.165) is 64.2 Å². The van der Waals surface area contributed by atoms with Crippen molar-refractivity contribution in [3.8, 4) is 5.75 Å². The van der Waals surface area contributed by atoms with Crippen molar-refractivity contribution in [2.75, 3.05) is 39.5 Å². The number of para-hydroxylation sites is 1. The van der Waals surface area contributed by atoms with Gasteiger partial charge in [0.1, 0.15) is 12.4 Å². The van der Waals surface area contributed by atoms with Crippen LogP contribution in [0, 0.1) is 0 Å². The van der Waals surface area contributed by atoms with Crippen LogP contribution in [0.25, 0.3) is 0 Å². The van der Waals surface area contributed by atoms with Crippen molar-refractivity contribution in [2.45, 2.75) is 31.8 Å². The van der Waals surface area contributed by atoms with E-state index in [4.69, 9.17) is 9.47 Å². The first-order valence-corrected chi connectivity index (χ1v) is 8.16. The van der Waals surface area contributed by atoms with Crippen LogP contribution < -0.4 is 10.1 Å². The molecule has 1 aromatic rings. The van der Waals surface area contributed by atoms with Crippen LogP contribution in [0.1, 0.15) is 24.8 Å². The molecule has 1 saturated carbocycles. The van der Waals surface area contributed by atoms with Crippen LogP contribution in [0.2, 0.25) is 0 Å². The molecule has 1 aliphatic carbocycles. The van der Waals surface area contributed by atoms with Gasteiger partial charge < -0.3 is 14.8 Å². The van der Waals surface area contributed by atoms with Crippen LogP contribution in [-0.4, -0.2) is 50.4 Å². The van der Waals surface area contributed by atoms with E-state index in [1.807, 2.05) is 0 Å². The van der Waals surface area contributed by atoms with Gasteiger partial charge in [0.25, 0.3) is 0 Å². The lowest BCUT2D eigenvalue weighted by atomic mass is 10.2. The molecule has 0 radical (unpaired) electrons. The Morgan fingerprint density at radius 1 is 1.19 bits per heavy atom. The van der Waals surface area contributed by atoms with E-state index in [1.54, 1.807) is 0 Å². The molecule has 1 N–H and O–H groups in total. The smallest absolute Gasteiger partial charge is 0.123 e. The Bertz CT molecular complexity index is 427. The second-order valence-electron chi connectivity index (χ2n) is 5.92. The fourth-order valence-corrected chi connectivity index (χ4v) is 2.64. The summed E-state index contributed by atoms with van der Waals surface area (Å²) in [6.45, 7) is 6.53. The highest BCUT2D eigenvalue weighted by molar-refractivity contribution is 5.33. The van der Waals surface area contributed by atoms with Gasteiger partial charge in [-0.05, 0) is 25.3 Å². The van der Waals surface area contributed by atoms with Gasteiger partial charge in [0, 0.05) is 44.4 Å². The lowest BCUT2D eigenvalue weighted by Gasteiger charge is -2.19. The van der Waals surface area contributed by atoms with Gasteiger partial charge in [0.05, 0.1) is 6.61 Å². The summed E-state index contributed by atoms with van der Waals surface area (Å²) < 4.78 is 11.5. The van der Waals surface area contributed by atoms with Gasteiger partial charge in [-0.2, -0.15) is 0 Å². The number of ether oxygens (including phenoxy) is 2. The fourth-order valence-electron chi connectivity index (χ4n) is 2.64. The summed E-state index contributed by atoms with van der Waals surface area (Å²) in [4.78, 5) is 2.43. The van der Waals surface area contributed by atoms with Gasteiger partial charge in [0.15, 0.2) is 0 Å². The summed E-state index contributed by atoms with van der Waals surface area (Å²) in [5.74, 6) is 1.02. The molecule has 2 aliphatic rings. The van der Waals surface area contributed by atoms with Gasteiger partial charge in [0.2, 0.25) is 0 Å². The largest absolute Gasteiger partial charge is 0.492 e. The Labute approximate surface area is 127 Å². The lowest BCUT2D eigenvalue weighted by Crippen LogP contribution is -2.30. The van der Waals surface area contributed by atoms with Crippen molar-refractivity contribution in [1.82, 2.24) is 10.2 Å². The van der Waals surface area contributed by atoms with E-state index in [-0.39, 0.29) is 0 Å². The van der Waals surface area contributed by atoms with Crippen LogP contribution in [0.3, 0.4) is 0 Å². The highest BCUT2D eigenvalue weighted by Gasteiger charge is 2.20. The molecule has 1 saturated heterocycles. The Kier molecular flexibility index (Phi) is 5.49. The zero-order valence-corrected chi connectivity index (χ0v) is 12.7. The predicted molar refractivity (Wildman–Crippen MR) is 83.7 cm³/mol. The van der Waals surface area contributed by atoms with E-state index in [2.05, 4.69) is 34.5 Å². The van der Waals surface area contributed by atoms with Crippen molar-refractivity contribution in [3.05, 3.63) is 29.8 Å². The summed E-state index contributed by atoms with van der Waals surface area (Å²) in [5.41, 5.74) is 1.27. The van der Waals surface area contributed by atoms with E-state index in [1.165, 1.54) is 18.4 Å². The third kappa shape index (κ3) is 4.99. The number of benzene rings is 1. The molecule has 3 rings (SSSR count). The summed E-state index contributed by atoms with van der Waals surface area (Å²) in [6, 6.07) is 9.11. The standard InChI is InChI=1S/C17H26N2O2/c1-2-5-17(15(4-1)14-18-16-6-7-16)21-13-10-19-8-3-11-20-12-9-19/h1-2,4-5,16,18H,3,6-14H2. The molecule has 4 heteroatoms. The van der Waals surface area contributed by atoms with Crippen LogP contribution >= 0.6 is 0 Å². The number of rotatable bonds is 7. The van der Waals surface area contributed by atoms with Crippen molar-refractivity contribution in [2.24, 2.45) is 0 Å². The quantitative estimate of drug-likeness (QED) is 0.833. The Hall–Kier alpha value is -1.10. The number of hydrogen-bond donors (Lipinski definition) is 1. The zero-order chi connectivity index (χ0) is 14.3. The first-order chi connectivity index (χ1) is 10.4. The molecule has 0 bridgehead atoms. The topological polar surface area (TPSA) is 33.7 Å². The van der Waals surface area contributed by atoms with Crippen LogP contribution in [0.5, 0.6) is 5.75 Å². The maximum absolute atomic E-state index is 6.01. The first-order valence-electron chi connectivity index (χ1n) is 8.16. The molecule has 1 aromatic carbocycles. The minimum Gasteiger partial charge on any atom is -0.492 e. The van der Waals surface area contributed by atoms with Crippen LogP contribution in [-0.2, 0) is 11.3 Å². The molecule has 0 unspecified atom stereocenters. The summed E-state index contributed by atoms with van der Waals surface area (Å²) >= 11 is 0. The molecule has 116 valence electrons. The minimum atomic E-state index is 0.732. The molecule has 0 amide bonds. The number of nitrogens with one attached hydrogen (secondary N) is 1. The molecule has 0 atom stereocenters. The molecular formula is C17H26N2O2. The summed E-state index contributed by atoms with van der Waals surface area (Å²) in [6.07, 6.45) is 3.77. The van der Waals surface area contributed by atoms with Crippen molar-refractivity contribution in [3.63, 3.8) is 0 Å². The second kappa shape index (κ2) is 7.78. The maximum atomic E-state index is 6.01. The third-order valence-electron chi connectivity index (χ3n) is 4.11. The van der Waals surface area contributed by atoms with Gasteiger partial charge >= 0.3 is 0 Å². The number of nitrogens with zero attached hydrogens (tertiary/aromatic N) is 1. The Morgan fingerprint density at radius 2 is 2.10 bits per heavy atom. The molecular weight excluding hydrogens is 264 g/mol. The Balaban J connectivity index is 1.45. The molecule has 21 heavy (non-hydrogen) atoms. The van der Waals surface area contributed by atoms with Gasteiger partial charge in [-0.25, -0.2) is 0 Å². The minimum absolute atomic E-state index is 0.732. The second-order valence-corrected chi connectivity index (χ2v) is 5.92. The van der Waals surface area contributed by atoms with Crippen molar-refractivity contribution >= 4 is 0 Å². The predicted octanol–water partition coefficient (Wildman–Crippen LogP) is 2.04. The van der Waals surface area contributed by atoms with Gasteiger partial charge in [-0.15, -0.1) is 0 Å². The molecule has 4 nitrogen and oxygen atoms in total. The molecule has 1 aliphatic heterocycles. The summed E-state index contributed by atoms with van der Waals surface area (Å²) in [7, 11) is 0. The van der Waals surface area contributed by atoms with E-state index < -0.39 is 0 Å². The lowest BCUT2D eigenvalue weighted by molar-refractivity contribution is 0.137. The van der Waals surface area contributed by atoms with Crippen molar-refractivity contribution < 1.29 is 9.47 Å². The van der Waals surface area contributed by atoms with Crippen molar-refractivity contribution in [1.29, 1.82) is 0 Å². The average Bonchev–Trinajstić information content (AvgIpc) is 3.34. The zero-order valence-electron chi connectivity index (χ0n) is 12.7. The highest BCUT2D eigenvalue weighted by atomic mass is 16.5. The van der Waals surface area contributed by atoms with E-state index >= 15 is 0 Å². The first kappa shape index (κ1) is 14.8. The molecule has 1 heterocycles. The fraction of sp³-hybridized carbons (Fsp3) is 0.647. The van der Waals surface area contributed by atoms with Gasteiger partial charge in [-0.3, -0.25) is 4.90 Å². The molecule has 0 spiro atoms. The highest BCUT2D eigenvalue weighted by Crippen LogP contribution is 2.22. The third-order valence-corrected chi connectivity index (χ3v) is 4.11. The van der Waals surface area contributed by atoms with Crippen LogP contribution in [0.4, 0.5) is 0 Å². The summed E-state index contributed by atoms with van der Waals surface area (Å²) in [5, 5.41) is 3.55. The van der Waals surface area contributed by atoms with Gasteiger partial charge in [-0.1, -0.05) is 18.2 Å². The van der Waals surface area contributed by atoms with E-state index in [0.29, 0.717) is 0 Å². The molecule has 0 aromatic heterocycles. The van der Waals surface area contributed by atoms with E-state index in [9.17, 15) is 0 Å². The molecule has 2 fully saturated rings. The Morgan fingerprint density at radius 3 is 3.00 bits per heavy atom. The SMILES string of the molecule is c1ccc(OCCN2CCCOCC2)c(CNC2CC2)c1. The maximum Gasteiger partial charge on any atom is 0.123 e. The monoisotopic (exact) mass is 290 g/mol. The normalized spacial score (nSPS) is 20.2. The average molecular weight is 290 g/mol.